The summed E-state index contributed by atoms with van der Waals surface area (Å²) >= 11 is 0. The van der Waals surface area contributed by atoms with Gasteiger partial charge in [-0.2, -0.15) is 5.10 Å². The molecule has 98 valence electrons. The van der Waals surface area contributed by atoms with Crippen LogP contribution in [0.15, 0.2) is 0 Å². The molecular formula is C14H27N3. The van der Waals surface area contributed by atoms with Crippen molar-refractivity contribution in [2.45, 2.75) is 60.4 Å². The van der Waals surface area contributed by atoms with Crippen molar-refractivity contribution in [1.82, 2.24) is 9.78 Å². The summed E-state index contributed by atoms with van der Waals surface area (Å²) < 4.78 is 2.15. The van der Waals surface area contributed by atoms with Crippen LogP contribution in [0.5, 0.6) is 0 Å². The van der Waals surface area contributed by atoms with Gasteiger partial charge in [0.1, 0.15) is 0 Å². The van der Waals surface area contributed by atoms with E-state index in [-0.39, 0.29) is 5.41 Å². The Hall–Kier alpha value is -0.830. The Bertz CT molecular complexity index is 364. The summed E-state index contributed by atoms with van der Waals surface area (Å²) in [5.41, 5.74) is 9.91. The molecule has 0 amide bonds. The zero-order valence-electron chi connectivity index (χ0n) is 12.0. The highest BCUT2D eigenvalue weighted by atomic mass is 15.3. The molecule has 0 aliphatic carbocycles. The molecule has 2 N–H and O–H groups in total. The summed E-state index contributed by atoms with van der Waals surface area (Å²) in [7, 11) is 0. The fourth-order valence-electron chi connectivity index (χ4n) is 2.27. The average molecular weight is 237 g/mol. The van der Waals surface area contributed by atoms with Gasteiger partial charge in [0.25, 0.3) is 0 Å². The van der Waals surface area contributed by atoms with Crippen LogP contribution >= 0.6 is 0 Å². The molecule has 0 saturated carbocycles. The van der Waals surface area contributed by atoms with E-state index in [1.807, 2.05) is 0 Å². The lowest BCUT2D eigenvalue weighted by atomic mass is 9.88. The van der Waals surface area contributed by atoms with Gasteiger partial charge in [-0.25, -0.2) is 0 Å². The van der Waals surface area contributed by atoms with Crippen LogP contribution in [0.1, 0.15) is 50.6 Å². The first-order chi connectivity index (χ1) is 7.91. The minimum atomic E-state index is 0.254. The molecule has 1 rings (SSSR count). The fourth-order valence-corrected chi connectivity index (χ4v) is 2.27. The summed E-state index contributed by atoms with van der Waals surface area (Å²) in [5, 5.41) is 4.61. The fraction of sp³-hybridized carbons (Fsp3) is 0.786. The van der Waals surface area contributed by atoms with Crippen molar-refractivity contribution in [2.75, 3.05) is 6.54 Å². The molecule has 1 heterocycles. The van der Waals surface area contributed by atoms with Crippen molar-refractivity contribution in [3.63, 3.8) is 0 Å². The van der Waals surface area contributed by atoms with Gasteiger partial charge in [-0.05, 0) is 50.6 Å². The number of hydrogen-bond donors (Lipinski definition) is 1. The predicted octanol–water partition coefficient (Wildman–Crippen LogP) is 2.83. The van der Waals surface area contributed by atoms with Crippen molar-refractivity contribution in [3.8, 4) is 0 Å². The van der Waals surface area contributed by atoms with E-state index in [2.05, 4.69) is 44.4 Å². The zero-order chi connectivity index (χ0) is 13.1. The predicted molar refractivity (Wildman–Crippen MR) is 73.1 cm³/mol. The minimum absolute atomic E-state index is 0.254. The third kappa shape index (κ3) is 3.56. The SMILES string of the molecule is CCc1c(C)nn(CCCC(C)(C)CN)c1C. The maximum atomic E-state index is 5.74. The highest BCUT2D eigenvalue weighted by Crippen LogP contribution is 2.21. The quantitative estimate of drug-likeness (QED) is 0.827. The lowest BCUT2D eigenvalue weighted by Crippen LogP contribution is -2.23. The minimum Gasteiger partial charge on any atom is -0.330 e. The second kappa shape index (κ2) is 5.67. The van der Waals surface area contributed by atoms with Gasteiger partial charge < -0.3 is 5.73 Å². The molecule has 3 heteroatoms. The second-order valence-corrected chi connectivity index (χ2v) is 5.70. The smallest absolute Gasteiger partial charge is 0.0628 e. The van der Waals surface area contributed by atoms with Crippen LogP contribution in [-0.2, 0) is 13.0 Å². The van der Waals surface area contributed by atoms with Crippen LogP contribution in [0.4, 0.5) is 0 Å². The summed E-state index contributed by atoms with van der Waals surface area (Å²) in [6.07, 6.45) is 3.38. The van der Waals surface area contributed by atoms with E-state index in [0.29, 0.717) is 0 Å². The van der Waals surface area contributed by atoms with Gasteiger partial charge in [0.15, 0.2) is 0 Å². The third-order valence-electron chi connectivity index (χ3n) is 3.66. The number of nitrogens with two attached hydrogens (primary N) is 1. The highest BCUT2D eigenvalue weighted by Gasteiger charge is 2.15. The maximum absolute atomic E-state index is 5.74. The summed E-state index contributed by atoms with van der Waals surface area (Å²) in [6.45, 7) is 12.7. The van der Waals surface area contributed by atoms with Crippen LogP contribution in [0, 0.1) is 19.3 Å². The number of aryl methyl sites for hydroxylation is 2. The molecule has 0 spiro atoms. The normalized spacial score (nSPS) is 12.1. The molecule has 1 aromatic rings. The van der Waals surface area contributed by atoms with Crippen LogP contribution in [0.2, 0.25) is 0 Å². The molecular weight excluding hydrogens is 210 g/mol. The van der Waals surface area contributed by atoms with Crippen LogP contribution in [0.25, 0.3) is 0 Å². The molecule has 17 heavy (non-hydrogen) atoms. The van der Waals surface area contributed by atoms with Gasteiger partial charge >= 0.3 is 0 Å². The Morgan fingerprint density at radius 3 is 2.41 bits per heavy atom. The lowest BCUT2D eigenvalue weighted by molar-refractivity contribution is 0.323. The second-order valence-electron chi connectivity index (χ2n) is 5.70. The number of rotatable bonds is 6. The monoisotopic (exact) mass is 237 g/mol. The van der Waals surface area contributed by atoms with Crippen LogP contribution < -0.4 is 5.73 Å². The summed E-state index contributed by atoms with van der Waals surface area (Å²) in [6, 6.07) is 0. The van der Waals surface area contributed by atoms with E-state index in [4.69, 9.17) is 5.73 Å². The van der Waals surface area contributed by atoms with E-state index in [1.165, 1.54) is 17.0 Å². The van der Waals surface area contributed by atoms with Gasteiger partial charge in [-0.15, -0.1) is 0 Å². The van der Waals surface area contributed by atoms with Gasteiger partial charge in [0.2, 0.25) is 0 Å². The van der Waals surface area contributed by atoms with Crippen molar-refractivity contribution in [1.29, 1.82) is 0 Å². The average Bonchev–Trinajstić information content (AvgIpc) is 2.54. The van der Waals surface area contributed by atoms with Crippen molar-refractivity contribution >= 4 is 0 Å². The van der Waals surface area contributed by atoms with Crippen LogP contribution in [-0.4, -0.2) is 16.3 Å². The van der Waals surface area contributed by atoms with Gasteiger partial charge in [-0.3, -0.25) is 4.68 Å². The molecule has 0 aromatic carbocycles. The van der Waals surface area contributed by atoms with E-state index in [0.717, 1.165) is 32.4 Å². The Labute approximate surface area is 105 Å². The lowest BCUT2D eigenvalue weighted by Gasteiger charge is -2.22. The molecule has 1 aromatic heterocycles. The Morgan fingerprint density at radius 1 is 1.29 bits per heavy atom. The van der Waals surface area contributed by atoms with Gasteiger partial charge in [0, 0.05) is 12.2 Å². The van der Waals surface area contributed by atoms with Crippen molar-refractivity contribution < 1.29 is 0 Å². The number of nitrogens with zero attached hydrogens (tertiary/aromatic N) is 2. The largest absolute Gasteiger partial charge is 0.330 e. The molecule has 0 aliphatic rings. The molecule has 0 radical (unpaired) electrons. The number of aromatic nitrogens is 2. The first kappa shape index (κ1) is 14.2. The van der Waals surface area contributed by atoms with E-state index >= 15 is 0 Å². The Balaban J connectivity index is 2.59. The Morgan fingerprint density at radius 2 is 1.94 bits per heavy atom. The molecule has 0 atom stereocenters. The zero-order valence-corrected chi connectivity index (χ0v) is 12.0. The topological polar surface area (TPSA) is 43.8 Å². The molecule has 0 saturated heterocycles. The molecule has 3 nitrogen and oxygen atoms in total. The summed E-state index contributed by atoms with van der Waals surface area (Å²) in [5.74, 6) is 0. The molecule has 0 fully saturated rings. The van der Waals surface area contributed by atoms with Gasteiger partial charge in [-0.1, -0.05) is 20.8 Å². The van der Waals surface area contributed by atoms with Crippen LogP contribution in [0.3, 0.4) is 0 Å². The van der Waals surface area contributed by atoms with E-state index in [1.54, 1.807) is 0 Å². The molecule has 0 bridgehead atoms. The molecule has 0 unspecified atom stereocenters. The standard InChI is InChI=1S/C14H27N3/c1-6-13-11(2)16-17(12(13)3)9-7-8-14(4,5)10-15/h6-10,15H2,1-5H3. The van der Waals surface area contributed by atoms with Crippen molar-refractivity contribution in [3.05, 3.63) is 17.0 Å². The van der Waals surface area contributed by atoms with Gasteiger partial charge in [0.05, 0.1) is 5.69 Å². The highest BCUT2D eigenvalue weighted by molar-refractivity contribution is 5.24. The number of hydrogen-bond acceptors (Lipinski definition) is 2. The van der Waals surface area contributed by atoms with Crippen molar-refractivity contribution in [2.24, 2.45) is 11.1 Å². The first-order valence-electron chi connectivity index (χ1n) is 6.64. The van der Waals surface area contributed by atoms with E-state index < -0.39 is 0 Å². The van der Waals surface area contributed by atoms with E-state index in [9.17, 15) is 0 Å². The molecule has 0 aliphatic heterocycles. The Kier molecular flexibility index (Phi) is 4.75. The third-order valence-corrected chi connectivity index (χ3v) is 3.66. The summed E-state index contributed by atoms with van der Waals surface area (Å²) in [4.78, 5) is 0. The maximum Gasteiger partial charge on any atom is 0.0628 e. The first-order valence-corrected chi connectivity index (χ1v) is 6.64.